The molecule has 0 spiro atoms. The van der Waals surface area contributed by atoms with Gasteiger partial charge in [-0.05, 0) is 38.8 Å². The Morgan fingerprint density at radius 1 is 1.45 bits per heavy atom. The van der Waals surface area contributed by atoms with E-state index in [1.54, 1.807) is 4.90 Å². The number of aliphatic hydroxyl groups is 1. The fraction of sp³-hybridized carbons (Fsp3) is 0.571. The monoisotopic (exact) mass is 298 g/mol. The Hall–Kier alpha value is -1.33. The summed E-state index contributed by atoms with van der Waals surface area (Å²) >= 11 is 6.15. The standard InChI is InChI=1S/C14H19ClN2O3/c1-8-9-5-17(13(19)20-14(2,3)4)6-10(9)16-11(7-18)12(8)15/h18H,5-7H2,1-4H3. The van der Waals surface area contributed by atoms with Crippen molar-refractivity contribution in [2.75, 3.05) is 0 Å². The second-order valence-corrected chi connectivity index (χ2v) is 6.30. The Labute approximate surface area is 123 Å². The second-order valence-electron chi connectivity index (χ2n) is 5.92. The molecule has 1 aliphatic rings. The summed E-state index contributed by atoms with van der Waals surface area (Å²) in [5, 5.41) is 9.72. The molecule has 0 aliphatic carbocycles. The molecule has 0 saturated carbocycles. The van der Waals surface area contributed by atoms with Crippen molar-refractivity contribution in [1.82, 2.24) is 9.88 Å². The third-order valence-corrected chi connectivity index (χ3v) is 3.65. The molecule has 1 aromatic rings. The zero-order chi connectivity index (χ0) is 15.1. The maximum absolute atomic E-state index is 12.1. The molecule has 20 heavy (non-hydrogen) atoms. The fourth-order valence-corrected chi connectivity index (χ4v) is 2.39. The van der Waals surface area contributed by atoms with Gasteiger partial charge in [-0.15, -0.1) is 0 Å². The van der Waals surface area contributed by atoms with Crippen LogP contribution >= 0.6 is 11.6 Å². The topological polar surface area (TPSA) is 62.7 Å². The van der Waals surface area contributed by atoms with Gasteiger partial charge in [-0.25, -0.2) is 4.79 Å². The van der Waals surface area contributed by atoms with Crippen molar-refractivity contribution >= 4 is 17.7 Å². The number of halogens is 1. The van der Waals surface area contributed by atoms with Crippen LogP contribution in [0.2, 0.25) is 5.02 Å². The number of amides is 1. The number of ether oxygens (including phenoxy) is 1. The van der Waals surface area contributed by atoms with E-state index in [0.717, 1.165) is 16.8 Å². The third kappa shape index (κ3) is 2.88. The van der Waals surface area contributed by atoms with E-state index < -0.39 is 5.60 Å². The maximum atomic E-state index is 12.1. The molecule has 1 aliphatic heterocycles. The van der Waals surface area contributed by atoms with Gasteiger partial charge >= 0.3 is 6.09 Å². The van der Waals surface area contributed by atoms with E-state index in [4.69, 9.17) is 16.3 Å². The number of hydrogen-bond acceptors (Lipinski definition) is 4. The summed E-state index contributed by atoms with van der Waals surface area (Å²) in [5.74, 6) is 0. The first kappa shape index (κ1) is 15.1. The van der Waals surface area contributed by atoms with Crippen LogP contribution in [0.25, 0.3) is 0 Å². The van der Waals surface area contributed by atoms with Gasteiger partial charge in [0.25, 0.3) is 0 Å². The summed E-state index contributed by atoms with van der Waals surface area (Å²) < 4.78 is 5.36. The van der Waals surface area contributed by atoms with Crippen LogP contribution in [-0.2, 0) is 24.4 Å². The molecular weight excluding hydrogens is 280 g/mol. The third-order valence-electron chi connectivity index (χ3n) is 3.14. The summed E-state index contributed by atoms with van der Waals surface area (Å²) in [6.07, 6.45) is -0.364. The fourth-order valence-electron chi connectivity index (χ4n) is 2.17. The highest BCUT2D eigenvalue weighted by molar-refractivity contribution is 6.32. The van der Waals surface area contributed by atoms with Crippen molar-refractivity contribution in [1.29, 1.82) is 0 Å². The van der Waals surface area contributed by atoms with Crippen LogP contribution in [0.4, 0.5) is 4.79 Å². The van der Waals surface area contributed by atoms with Crippen molar-refractivity contribution in [2.45, 2.75) is 53.0 Å². The molecule has 110 valence electrons. The minimum atomic E-state index is -0.526. The summed E-state index contributed by atoms with van der Waals surface area (Å²) in [4.78, 5) is 18.0. The quantitative estimate of drug-likeness (QED) is 0.866. The van der Waals surface area contributed by atoms with Gasteiger partial charge < -0.3 is 9.84 Å². The Kier molecular flexibility index (Phi) is 3.93. The van der Waals surface area contributed by atoms with Gasteiger partial charge in [0.1, 0.15) is 5.60 Å². The first-order valence-corrected chi connectivity index (χ1v) is 6.86. The van der Waals surface area contributed by atoms with E-state index in [1.807, 2.05) is 27.7 Å². The molecule has 1 aromatic heterocycles. The highest BCUT2D eigenvalue weighted by Crippen LogP contribution is 2.31. The van der Waals surface area contributed by atoms with Crippen LogP contribution in [0, 0.1) is 6.92 Å². The predicted molar refractivity (Wildman–Crippen MR) is 75.4 cm³/mol. The number of aliphatic hydroxyl groups excluding tert-OH is 1. The predicted octanol–water partition coefficient (Wildman–Crippen LogP) is 2.79. The zero-order valence-corrected chi connectivity index (χ0v) is 12.9. The van der Waals surface area contributed by atoms with Gasteiger partial charge in [0.15, 0.2) is 0 Å². The smallest absolute Gasteiger partial charge is 0.410 e. The van der Waals surface area contributed by atoms with Crippen LogP contribution in [0.15, 0.2) is 0 Å². The van der Waals surface area contributed by atoms with E-state index in [2.05, 4.69) is 4.98 Å². The molecule has 0 unspecified atom stereocenters. The minimum Gasteiger partial charge on any atom is -0.444 e. The van der Waals surface area contributed by atoms with Crippen molar-refractivity contribution in [3.8, 4) is 0 Å². The highest BCUT2D eigenvalue weighted by Gasteiger charge is 2.30. The van der Waals surface area contributed by atoms with Crippen molar-refractivity contribution in [3.63, 3.8) is 0 Å². The van der Waals surface area contributed by atoms with Gasteiger partial charge in [-0.1, -0.05) is 11.6 Å². The normalized spacial score (nSPS) is 14.4. The SMILES string of the molecule is Cc1c(Cl)c(CO)nc2c1CN(C(=O)OC(C)(C)C)C2. The molecule has 0 bridgehead atoms. The average molecular weight is 299 g/mol. The molecule has 0 atom stereocenters. The van der Waals surface area contributed by atoms with Crippen LogP contribution in [-0.4, -0.2) is 26.7 Å². The summed E-state index contributed by atoms with van der Waals surface area (Å²) in [6.45, 7) is 7.98. The van der Waals surface area contributed by atoms with Crippen molar-refractivity contribution in [3.05, 3.63) is 27.5 Å². The lowest BCUT2D eigenvalue weighted by Crippen LogP contribution is -2.33. The lowest BCUT2D eigenvalue weighted by molar-refractivity contribution is 0.0240. The first-order chi connectivity index (χ1) is 9.23. The van der Waals surface area contributed by atoms with Gasteiger partial charge in [0.2, 0.25) is 0 Å². The maximum Gasteiger partial charge on any atom is 0.410 e. The van der Waals surface area contributed by atoms with Crippen LogP contribution in [0.3, 0.4) is 0 Å². The van der Waals surface area contributed by atoms with E-state index in [1.165, 1.54) is 0 Å². The van der Waals surface area contributed by atoms with E-state index >= 15 is 0 Å². The van der Waals surface area contributed by atoms with Gasteiger partial charge in [-0.2, -0.15) is 0 Å². The van der Waals surface area contributed by atoms with E-state index in [-0.39, 0.29) is 12.7 Å². The number of carbonyl (C=O) groups is 1. The Morgan fingerprint density at radius 3 is 2.65 bits per heavy atom. The molecule has 1 N–H and O–H groups in total. The Balaban J connectivity index is 2.23. The Morgan fingerprint density at radius 2 is 2.10 bits per heavy atom. The lowest BCUT2D eigenvalue weighted by atomic mass is 10.1. The van der Waals surface area contributed by atoms with E-state index in [9.17, 15) is 9.90 Å². The first-order valence-electron chi connectivity index (χ1n) is 6.48. The van der Waals surface area contributed by atoms with Crippen LogP contribution in [0.1, 0.15) is 43.3 Å². The number of pyridine rings is 1. The molecule has 0 radical (unpaired) electrons. The largest absolute Gasteiger partial charge is 0.444 e. The lowest BCUT2D eigenvalue weighted by Gasteiger charge is -2.24. The molecule has 2 heterocycles. The second kappa shape index (κ2) is 5.22. The number of hydrogen-bond donors (Lipinski definition) is 1. The van der Waals surface area contributed by atoms with Crippen LogP contribution in [0.5, 0.6) is 0 Å². The van der Waals surface area contributed by atoms with Gasteiger partial charge in [-0.3, -0.25) is 9.88 Å². The molecule has 5 nitrogen and oxygen atoms in total. The number of rotatable bonds is 1. The molecule has 0 aromatic carbocycles. The molecular formula is C14H19ClN2O3. The zero-order valence-electron chi connectivity index (χ0n) is 12.2. The molecule has 2 rings (SSSR count). The summed E-state index contributed by atoms with van der Waals surface area (Å²) in [7, 11) is 0. The number of carbonyl (C=O) groups excluding carboxylic acids is 1. The average Bonchev–Trinajstić information content (AvgIpc) is 2.75. The molecule has 0 saturated heterocycles. The molecule has 1 amide bonds. The minimum absolute atomic E-state index is 0.209. The Bertz CT molecular complexity index is 552. The summed E-state index contributed by atoms with van der Waals surface area (Å²) in [5.41, 5.74) is 2.52. The van der Waals surface area contributed by atoms with Crippen molar-refractivity contribution < 1.29 is 14.6 Å². The highest BCUT2D eigenvalue weighted by atomic mass is 35.5. The molecule has 0 fully saturated rings. The number of aromatic nitrogens is 1. The van der Waals surface area contributed by atoms with E-state index in [0.29, 0.717) is 23.8 Å². The number of nitrogens with zero attached hydrogens (tertiary/aromatic N) is 2. The van der Waals surface area contributed by atoms with Gasteiger partial charge in [0.05, 0.1) is 36.1 Å². The van der Waals surface area contributed by atoms with Gasteiger partial charge in [0, 0.05) is 0 Å². The molecule has 6 heteroatoms. The van der Waals surface area contributed by atoms with Crippen LogP contribution < -0.4 is 0 Å². The summed E-state index contributed by atoms with van der Waals surface area (Å²) in [6, 6.07) is 0. The van der Waals surface area contributed by atoms with Crippen molar-refractivity contribution in [2.24, 2.45) is 0 Å². The number of fused-ring (bicyclic) bond motifs is 1.